The lowest BCUT2D eigenvalue weighted by atomic mass is 10.4. The molecular weight excluding hydrogens is 248 g/mol. The minimum absolute atomic E-state index is 0.0228. The van der Waals surface area contributed by atoms with Crippen LogP contribution < -0.4 is 5.32 Å². The fourth-order valence-corrected chi connectivity index (χ4v) is 1.17. The minimum Gasteiger partial charge on any atom is -0.355 e. The van der Waals surface area contributed by atoms with Gasteiger partial charge in [-0.2, -0.15) is 0 Å². The molecule has 0 bridgehead atoms. The van der Waals surface area contributed by atoms with Crippen LogP contribution in [0.15, 0.2) is 12.3 Å². The van der Waals surface area contributed by atoms with Crippen molar-refractivity contribution >= 4 is 29.0 Å². The average Bonchev–Trinajstić information content (AvgIpc) is 2.26. The van der Waals surface area contributed by atoms with Crippen LogP contribution in [0, 0.1) is 10.1 Å². The topological polar surface area (TPSA) is 88.4 Å². The van der Waals surface area contributed by atoms with Crippen molar-refractivity contribution in [1.82, 2.24) is 9.88 Å². The van der Waals surface area contributed by atoms with Crippen molar-refractivity contribution in [3.8, 4) is 0 Å². The van der Waals surface area contributed by atoms with E-state index >= 15 is 0 Å². The number of aromatic nitrogens is 1. The number of halogens is 1. The number of carbonyl (C=O) groups excluding carboxylic acids is 1. The lowest BCUT2D eigenvalue weighted by molar-refractivity contribution is -0.384. The molecule has 0 aliphatic rings. The molecule has 0 aliphatic carbocycles. The molecular formula is C9H11ClN4O3. The van der Waals surface area contributed by atoms with E-state index in [0.29, 0.717) is 0 Å². The van der Waals surface area contributed by atoms with Crippen molar-refractivity contribution in [2.45, 2.75) is 0 Å². The summed E-state index contributed by atoms with van der Waals surface area (Å²) in [7, 11) is 3.18. The van der Waals surface area contributed by atoms with E-state index in [4.69, 9.17) is 11.6 Å². The molecule has 1 amide bonds. The number of nitrogens with one attached hydrogen (secondary N) is 1. The number of hydrogen-bond donors (Lipinski definition) is 1. The summed E-state index contributed by atoms with van der Waals surface area (Å²) in [5.41, 5.74) is -0.260. The summed E-state index contributed by atoms with van der Waals surface area (Å²) >= 11 is 5.60. The van der Waals surface area contributed by atoms with Crippen LogP contribution in [0.5, 0.6) is 0 Å². The smallest absolute Gasteiger partial charge is 0.312 e. The van der Waals surface area contributed by atoms with E-state index in [2.05, 4.69) is 10.3 Å². The molecule has 0 unspecified atom stereocenters. The highest BCUT2D eigenvalue weighted by Crippen LogP contribution is 2.24. The molecule has 8 heteroatoms. The van der Waals surface area contributed by atoms with Crippen LogP contribution >= 0.6 is 11.6 Å². The second kappa shape index (κ2) is 5.44. The normalized spacial score (nSPS) is 9.82. The van der Waals surface area contributed by atoms with Gasteiger partial charge in [-0.1, -0.05) is 11.6 Å². The first-order valence-electron chi connectivity index (χ1n) is 4.65. The van der Waals surface area contributed by atoms with Crippen LogP contribution in [0.1, 0.15) is 0 Å². The Kier molecular flexibility index (Phi) is 4.22. The van der Waals surface area contributed by atoms with Gasteiger partial charge >= 0.3 is 5.69 Å². The van der Waals surface area contributed by atoms with Gasteiger partial charge in [-0.05, 0) is 0 Å². The summed E-state index contributed by atoms with van der Waals surface area (Å²) in [6.45, 7) is -0.0670. The molecule has 0 aliphatic heterocycles. The molecule has 1 N–H and O–H groups in total. The Balaban J connectivity index is 2.84. The van der Waals surface area contributed by atoms with Gasteiger partial charge in [-0.15, -0.1) is 0 Å². The Bertz CT molecular complexity index is 450. The van der Waals surface area contributed by atoms with Gasteiger partial charge in [-0.3, -0.25) is 14.9 Å². The molecule has 0 radical (unpaired) electrons. The van der Waals surface area contributed by atoms with E-state index in [1.165, 1.54) is 17.2 Å². The number of anilines is 1. The molecule has 1 heterocycles. The second-order valence-corrected chi connectivity index (χ2v) is 3.86. The predicted octanol–water partition coefficient (Wildman–Crippen LogP) is 1.14. The molecule has 0 aromatic carbocycles. The number of rotatable bonds is 4. The monoisotopic (exact) mass is 258 g/mol. The lowest BCUT2D eigenvalue weighted by Gasteiger charge is -2.11. The first-order chi connectivity index (χ1) is 7.91. The van der Waals surface area contributed by atoms with Crippen molar-refractivity contribution in [2.75, 3.05) is 26.0 Å². The van der Waals surface area contributed by atoms with Crippen LogP contribution in [-0.2, 0) is 4.79 Å². The number of likely N-dealkylation sites (N-methyl/N-ethyl adjacent to an activating group) is 1. The van der Waals surface area contributed by atoms with E-state index < -0.39 is 4.92 Å². The zero-order valence-electron chi connectivity index (χ0n) is 9.31. The molecule has 7 nitrogen and oxygen atoms in total. The number of hydrogen-bond acceptors (Lipinski definition) is 5. The van der Waals surface area contributed by atoms with E-state index in [9.17, 15) is 14.9 Å². The summed E-state index contributed by atoms with van der Waals surface area (Å²) in [5, 5.41) is 13.5. The third-order valence-electron chi connectivity index (χ3n) is 1.94. The third kappa shape index (κ3) is 3.56. The Hall–Kier alpha value is -1.89. The first-order valence-corrected chi connectivity index (χ1v) is 5.03. The highest BCUT2D eigenvalue weighted by molar-refractivity contribution is 6.30. The molecule has 1 rings (SSSR count). The Morgan fingerprint density at radius 2 is 2.29 bits per heavy atom. The van der Waals surface area contributed by atoms with Gasteiger partial charge in [0.25, 0.3) is 0 Å². The van der Waals surface area contributed by atoms with E-state index in [1.54, 1.807) is 14.1 Å². The Labute approximate surface area is 103 Å². The average molecular weight is 259 g/mol. The fourth-order valence-electron chi connectivity index (χ4n) is 1.02. The summed E-state index contributed by atoms with van der Waals surface area (Å²) in [5.74, 6) is -0.189. The van der Waals surface area contributed by atoms with Crippen LogP contribution in [0.2, 0.25) is 5.02 Å². The standard InChI is InChI=1S/C9H11ClN4O3/c1-13(2)8(15)5-12-9-7(14(16)17)3-6(10)4-11-9/h3-4H,5H2,1-2H3,(H,11,12). The minimum atomic E-state index is -0.610. The number of carbonyl (C=O) groups is 1. The number of nitro groups is 1. The highest BCUT2D eigenvalue weighted by Gasteiger charge is 2.16. The molecule has 0 atom stereocenters. The number of nitrogens with zero attached hydrogens (tertiary/aromatic N) is 3. The van der Waals surface area contributed by atoms with Gasteiger partial charge < -0.3 is 10.2 Å². The molecule has 0 spiro atoms. The van der Waals surface area contributed by atoms with Crippen LogP contribution in [0.3, 0.4) is 0 Å². The Morgan fingerprint density at radius 1 is 1.65 bits per heavy atom. The zero-order chi connectivity index (χ0) is 13.0. The van der Waals surface area contributed by atoms with Crippen molar-refractivity contribution in [3.05, 3.63) is 27.4 Å². The SMILES string of the molecule is CN(C)C(=O)CNc1ncc(Cl)cc1[N+](=O)[O-]. The maximum absolute atomic E-state index is 11.3. The Morgan fingerprint density at radius 3 is 2.82 bits per heavy atom. The van der Waals surface area contributed by atoms with Crippen molar-refractivity contribution < 1.29 is 9.72 Å². The van der Waals surface area contributed by atoms with Crippen LogP contribution in [0.4, 0.5) is 11.5 Å². The van der Waals surface area contributed by atoms with Gasteiger partial charge in [-0.25, -0.2) is 4.98 Å². The second-order valence-electron chi connectivity index (χ2n) is 3.42. The fraction of sp³-hybridized carbons (Fsp3) is 0.333. The van der Waals surface area contributed by atoms with Crippen LogP contribution in [-0.4, -0.2) is 41.4 Å². The predicted molar refractivity (Wildman–Crippen MR) is 63.1 cm³/mol. The van der Waals surface area contributed by atoms with Gasteiger partial charge in [0.05, 0.1) is 16.5 Å². The molecule has 1 aromatic rings. The van der Waals surface area contributed by atoms with Crippen LogP contribution in [0.25, 0.3) is 0 Å². The maximum Gasteiger partial charge on any atom is 0.312 e. The highest BCUT2D eigenvalue weighted by atomic mass is 35.5. The van der Waals surface area contributed by atoms with Gasteiger partial charge in [0.2, 0.25) is 11.7 Å². The number of amides is 1. The molecule has 92 valence electrons. The third-order valence-corrected chi connectivity index (χ3v) is 2.14. The van der Waals surface area contributed by atoms with E-state index in [0.717, 1.165) is 0 Å². The summed E-state index contributed by atoms with van der Waals surface area (Å²) in [4.78, 5) is 26.6. The van der Waals surface area contributed by atoms with Gasteiger partial charge in [0.15, 0.2) is 0 Å². The summed E-state index contributed by atoms with van der Waals surface area (Å²) < 4.78 is 0. The molecule has 0 fully saturated rings. The van der Waals surface area contributed by atoms with E-state index in [1.807, 2.05) is 0 Å². The first kappa shape index (κ1) is 13.2. The maximum atomic E-state index is 11.3. The zero-order valence-corrected chi connectivity index (χ0v) is 10.1. The van der Waals surface area contributed by atoms with Gasteiger partial charge in [0, 0.05) is 26.4 Å². The van der Waals surface area contributed by atoms with Crippen molar-refractivity contribution in [1.29, 1.82) is 0 Å². The largest absolute Gasteiger partial charge is 0.355 e. The molecule has 0 saturated heterocycles. The molecule has 1 aromatic heterocycles. The van der Waals surface area contributed by atoms with Gasteiger partial charge in [0.1, 0.15) is 0 Å². The summed E-state index contributed by atoms with van der Waals surface area (Å²) in [6.07, 6.45) is 1.27. The van der Waals surface area contributed by atoms with Crippen molar-refractivity contribution in [2.24, 2.45) is 0 Å². The lowest BCUT2D eigenvalue weighted by Crippen LogP contribution is -2.29. The van der Waals surface area contributed by atoms with E-state index in [-0.39, 0.29) is 29.0 Å². The number of pyridine rings is 1. The quantitative estimate of drug-likeness (QED) is 0.646. The molecule has 0 saturated carbocycles. The molecule has 17 heavy (non-hydrogen) atoms. The summed E-state index contributed by atoms with van der Waals surface area (Å²) in [6, 6.07) is 1.18. The van der Waals surface area contributed by atoms with Crippen molar-refractivity contribution in [3.63, 3.8) is 0 Å².